The molecule has 0 bridgehead atoms. The van der Waals surface area contributed by atoms with Crippen LogP contribution < -0.4 is 28.7 Å². The number of carbonyl (C=O) groups excluding carboxylic acids is 4. The van der Waals surface area contributed by atoms with E-state index in [1.54, 1.807) is 58.8 Å². The van der Waals surface area contributed by atoms with Crippen LogP contribution >= 0.6 is 0 Å². The first-order valence-corrected chi connectivity index (χ1v) is 22.3. The maximum absolute atomic E-state index is 15.0. The van der Waals surface area contributed by atoms with Crippen LogP contribution in [0.1, 0.15) is 46.6 Å². The zero-order valence-electron chi connectivity index (χ0n) is 37.4. The van der Waals surface area contributed by atoms with Gasteiger partial charge in [-0.15, -0.1) is 0 Å². The van der Waals surface area contributed by atoms with E-state index < -0.39 is 35.5 Å². The lowest BCUT2D eigenvalue weighted by Gasteiger charge is -2.44. The lowest BCUT2D eigenvalue weighted by Crippen LogP contribution is -2.43. The Morgan fingerprint density at radius 2 is 1.07 bits per heavy atom. The number of phenols is 1. The van der Waals surface area contributed by atoms with Gasteiger partial charge in [0.25, 0.3) is 0 Å². The molecule has 11 heteroatoms. The van der Waals surface area contributed by atoms with Gasteiger partial charge in [-0.25, -0.2) is 0 Å². The second-order valence-electron chi connectivity index (χ2n) is 17.3. The number of fused-ring (bicyclic) bond motifs is 5. The summed E-state index contributed by atoms with van der Waals surface area (Å²) in [5.41, 5.74) is 5.56. The Kier molecular flexibility index (Phi) is 11.2. The molecule has 336 valence electrons. The van der Waals surface area contributed by atoms with Crippen molar-refractivity contribution in [2.75, 3.05) is 38.2 Å². The Hall–Kier alpha value is -7.92. The smallest absolute Gasteiger partial charge is 0.238 e. The van der Waals surface area contributed by atoms with E-state index in [9.17, 15) is 24.3 Å². The van der Waals surface area contributed by atoms with E-state index in [-0.39, 0.29) is 42.2 Å². The Morgan fingerprint density at radius 3 is 1.63 bits per heavy atom. The predicted octanol–water partition coefficient (Wildman–Crippen LogP) is 9.97. The van der Waals surface area contributed by atoms with Crippen LogP contribution in [0, 0.1) is 29.6 Å². The topological polar surface area (TPSA) is 132 Å². The highest BCUT2D eigenvalue weighted by Gasteiger charge is 2.62. The van der Waals surface area contributed by atoms with Crippen LogP contribution in [0.15, 0.2) is 133 Å². The van der Waals surface area contributed by atoms with Crippen molar-refractivity contribution in [3.63, 3.8) is 0 Å². The SMILES string of the molecule is COc1ccc(OC)c(C=Cc2ccc(N3C(=O)C4CC=C5C(CC6C(=O)N(c7ccc(C=Cc8cc(OC)ccc8OC)cc7)C(=O)C6C5c5c(O)ccc6ccccc56)C4C3=O)cc2)c1. The molecule has 4 amide bonds. The molecule has 1 saturated carbocycles. The zero-order valence-corrected chi connectivity index (χ0v) is 37.4. The summed E-state index contributed by atoms with van der Waals surface area (Å²) in [7, 11) is 6.42. The first kappa shape index (κ1) is 43.0. The maximum Gasteiger partial charge on any atom is 0.238 e. The van der Waals surface area contributed by atoms with Crippen LogP contribution in [0.2, 0.25) is 0 Å². The minimum Gasteiger partial charge on any atom is -0.508 e. The number of allylic oxidation sites excluding steroid dienone is 2. The number of benzene rings is 6. The molecule has 6 aromatic carbocycles. The number of amides is 4. The zero-order chi connectivity index (χ0) is 46.5. The molecule has 6 unspecified atom stereocenters. The number of nitrogens with zero attached hydrogens (tertiary/aromatic N) is 2. The third-order valence-electron chi connectivity index (χ3n) is 14.0. The molecule has 4 aliphatic rings. The second kappa shape index (κ2) is 17.5. The molecule has 2 heterocycles. The van der Waals surface area contributed by atoms with Crippen molar-refractivity contribution < 1.29 is 43.2 Å². The van der Waals surface area contributed by atoms with Crippen molar-refractivity contribution in [2.24, 2.45) is 29.6 Å². The average molecular weight is 893 g/mol. The van der Waals surface area contributed by atoms with Crippen molar-refractivity contribution >= 4 is 70.1 Å². The predicted molar refractivity (Wildman–Crippen MR) is 258 cm³/mol. The highest BCUT2D eigenvalue weighted by molar-refractivity contribution is 6.24. The van der Waals surface area contributed by atoms with Crippen LogP contribution in [-0.2, 0) is 19.2 Å². The molecule has 67 heavy (non-hydrogen) atoms. The molecule has 0 spiro atoms. The number of phenolic OH excluding ortho intramolecular Hbond substituents is 1. The third-order valence-corrected chi connectivity index (χ3v) is 14.0. The Bertz CT molecular complexity index is 3060. The Labute approximate surface area is 388 Å². The first-order chi connectivity index (χ1) is 32.6. The van der Waals surface area contributed by atoms with Gasteiger partial charge in [0.05, 0.1) is 63.5 Å². The van der Waals surface area contributed by atoms with Gasteiger partial charge in [0.1, 0.15) is 28.7 Å². The number of methoxy groups -OCH3 is 4. The molecule has 2 aliphatic carbocycles. The summed E-state index contributed by atoms with van der Waals surface area (Å²) >= 11 is 0. The molecule has 0 radical (unpaired) electrons. The van der Waals surface area contributed by atoms with Crippen molar-refractivity contribution in [3.8, 4) is 28.7 Å². The molecule has 11 nitrogen and oxygen atoms in total. The summed E-state index contributed by atoms with van der Waals surface area (Å²) in [6.45, 7) is 0. The molecular weight excluding hydrogens is 845 g/mol. The highest BCUT2D eigenvalue weighted by Crippen LogP contribution is 2.60. The summed E-state index contributed by atoms with van der Waals surface area (Å²) in [6.07, 6.45) is 10.1. The summed E-state index contributed by atoms with van der Waals surface area (Å²) in [6, 6.07) is 36.7. The van der Waals surface area contributed by atoms with Crippen molar-refractivity contribution in [1.29, 1.82) is 0 Å². The van der Waals surface area contributed by atoms with Crippen molar-refractivity contribution in [3.05, 3.63) is 161 Å². The quantitative estimate of drug-likeness (QED) is 0.0767. The molecule has 6 aromatic rings. The summed E-state index contributed by atoms with van der Waals surface area (Å²) in [5.74, 6) is -2.98. The summed E-state index contributed by atoms with van der Waals surface area (Å²) in [5, 5.41) is 13.4. The largest absolute Gasteiger partial charge is 0.508 e. The van der Waals surface area contributed by atoms with Gasteiger partial charge in [-0.2, -0.15) is 0 Å². The molecule has 3 fully saturated rings. The van der Waals surface area contributed by atoms with E-state index in [1.807, 2.05) is 121 Å². The van der Waals surface area contributed by atoms with Crippen molar-refractivity contribution in [1.82, 2.24) is 0 Å². The van der Waals surface area contributed by atoms with Gasteiger partial charge in [-0.3, -0.25) is 29.0 Å². The van der Waals surface area contributed by atoms with E-state index in [2.05, 4.69) is 0 Å². The van der Waals surface area contributed by atoms with Gasteiger partial charge >= 0.3 is 0 Å². The average Bonchev–Trinajstić information content (AvgIpc) is 3.77. The fourth-order valence-electron chi connectivity index (χ4n) is 10.8. The van der Waals surface area contributed by atoms with E-state index in [0.717, 1.165) is 38.6 Å². The van der Waals surface area contributed by atoms with Crippen LogP contribution in [0.3, 0.4) is 0 Å². The van der Waals surface area contributed by atoms with Crippen LogP contribution in [0.4, 0.5) is 11.4 Å². The standard InChI is InChI=1S/C56H48N2O9/c1-64-39-22-27-47(66-3)35(29-39)15-9-32-11-18-37(19-12-32)57-53(60)43-25-24-42-44(49(43)55(57)62)31-45-52(51(42)50-41-8-6-5-7-34(41)17-26-46(50)59)56(63)58(54(45)61)38-20-13-33(14-21-38)10-16-36-30-40(65-2)23-28-48(36)67-4/h5-24,26-30,43-45,49,51-52,59H,25,31H2,1-4H3. The normalized spacial score (nSPS) is 22.3. The fraction of sp³-hybridized carbons (Fsp3) is 0.214. The third kappa shape index (κ3) is 7.40. The molecule has 10 rings (SSSR count). The van der Waals surface area contributed by atoms with Gasteiger partial charge in [0.2, 0.25) is 23.6 Å². The van der Waals surface area contributed by atoms with E-state index in [0.29, 0.717) is 39.9 Å². The number of imide groups is 2. The monoisotopic (exact) mass is 892 g/mol. The van der Waals surface area contributed by atoms with Crippen LogP contribution in [0.25, 0.3) is 35.1 Å². The molecule has 1 N–H and O–H groups in total. The molecule has 2 saturated heterocycles. The summed E-state index contributed by atoms with van der Waals surface area (Å²) < 4.78 is 21.9. The van der Waals surface area contributed by atoms with E-state index in [4.69, 9.17) is 18.9 Å². The van der Waals surface area contributed by atoms with Gasteiger partial charge in [0.15, 0.2) is 0 Å². The lowest BCUT2D eigenvalue weighted by molar-refractivity contribution is -0.126. The van der Waals surface area contributed by atoms with Gasteiger partial charge < -0.3 is 24.1 Å². The fourth-order valence-corrected chi connectivity index (χ4v) is 10.8. The Morgan fingerprint density at radius 1 is 0.537 bits per heavy atom. The van der Waals surface area contributed by atoms with E-state index in [1.165, 1.54) is 9.80 Å². The molecular formula is C56H48N2O9. The minimum atomic E-state index is -0.857. The number of hydrogen-bond donors (Lipinski definition) is 1. The lowest BCUT2D eigenvalue weighted by atomic mass is 9.56. The van der Waals surface area contributed by atoms with Crippen LogP contribution in [-0.4, -0.2) is 57.2 Å². The number of carbonyl (C=O) groups is 4. The van der Waals surface area contributed by atoms with E-state index >= 15 is 0 Å². The molecule has 2 aliphatic heterocycles. The maximum atomic E-state index is 15.0. The molecule has 6 atom stereocenters. The molecule has 0 aromatic heterocycles. The number of rotatable bonds is 11. The number of hydrogen-bond acceptors (Lipinski definition) is 9. The second-order valence-corrected chi connectivity index (χ2v) is 17.3. The number of anilines is 2. The van der Waals surface area contributed by atoms with Crippen LogP contribution in [0.5, 0.6) is 28.7 Å². The van der Waals surface area contributed by atoms with Gasteiger partial charge in [0, 0.05) is 22.6 Å². The first-order valence-electron chi connectivity index (χ1n) is 22.3. The summed E-state index contributed by atoms with van der Waals surface area (Å²) in [4.78, 5) is 61.6. The Balaban J connectivity index is 0.973. The van der Waals surface area contributed by atoms with Gasteiger partial charge in [-0.05, 0) is 107 Å². The number of ether oxygens (including phenoxy) is 4. The highest BCUT2D eigenvalue weighted by atomic mass is 16.5. The minimum absolute atomic E-state index is 0.00284. The van der Waals surface area contributed by atoms with Gasteiger partial charge in [-0.1, -0.05) is 90.6 Å². The number of aromatic hydroxyl groups is 1. The van der Waals surface area contributed by atoms with Crippen molar-refractivity contribution in [2.45, 2.75) is 18.8 Å².